The fourth-order valence-electron chi connectivity index (χ4n) is 1.99. The number of ketones is 1. The second-order valence-electron chi connectivity index (χ2n) is 4.07. The van der Waals surface area contributed by atoms with E-state index in [0.29, 0.717) is 5.56 Å². The van der Waals surface area contributed by atoms with Gasteiger partial charge in [-0.15, -0.1) is 0 Å². The molecule has 1 aliphatic rings. The first kappa shape index (κ1) is 13.8. The number of rotatable bonds is 4. The summed E-state index contributed by atoms with van der Waals surface area (Å²) >= 11 is 0. The van der Waals surface area contributed by atoms with Crippen molar-refractivity contribution in [3.8, 4) is 0 Å². The number of Topliss-reactive ketones (excluding diaryl/α,β-unsaturated/α-hetero) is 1. The van der Waals surface area contributed by atoms with Gasteiger partial charge in [0.25, 0.3) is 5.91 Å². The van der Waals surface area contributed by atoms with Gasteiger partial charge < -0.3 is 14.8 Å². The molecule has 2 rings (SSSR count). The van der Waals surface area contributed by atoms with Gasteiger partial charge in [0.15, 0.2) is 17.4 Å². The van der Waals surface area contributed by atoms with E-state index in [1.54, 1.807) is 30.3 Å². The Morgan fingerprint density at radius 3 is 2.35 bits per heavy atom. The molecule has 0 bridgehead atoms. The summed E-state index contributed by atoms with van der Waals surface area (Å²) in [6.07, 6.45) is 0. The maximum Gasteiger partial charge on any atom is 0.347 e. The lowest BCUT2D eigenvalue weighted by Crippen LogP contribution is -2.36. The molecule has 1 atom stereocenters. The number of benzene rings is 1. The lowest BCUT2D eigenvalue weighted by Gasteiger charge is -2.12. The third-order valence-corrected chi connectivity index (χ3v) is 2.94. The first-order valence-electron chi connectivity index (χ1n) is 5.86. The van der Waals surface area contributed by atoms with Gasteiger partial charge in [0.1, 0.15) is 5.76 Å². The van der Waals surface area contributed by atoms with Crippen LogP contribution in [0.2, 0.25) is 0 Å². The molecule has 0 saturated carbocycles. The van der Waals surface area contributed by atoms with Gasteiger partial charge in [0.2, 0.25) is 0 Å². The molecule has 1 unspecified atom stereocenters. The monoisotopic (exact) mass is 275 g/mol. The van der Waals surface area contributed by atoms with Crippen molar-refractivity contribution in [1.82, 2.24) is 5.32 Å². The maximum absolute atomic E-state index is 12.3. The average molecular weight is 275 g/mol. The molecule has 0 spiro atoms. The minimum absolute atomic E-state index is 0.0179. The highest BCUT2D eigenvalue weighted by Crippen LogP contribution is 2.22. The summed E-state index contributed by atoms with van der Waals surface area (Å²) in [5.74, 6) is -1.88. The Morgan fingerprint density at radius 2 is 1.80 bits per heavy atom. The molecular weight excluding hydrogens is 262 g/mol. The quantitative estimate of drug-likeness (QED) is 0.490. The Kier molecular flexibility index (Phi) is 3.84. The predicted molar refractivity (Wildman–Crippen MR) is 68.8 cm³/mol. The Balaban J connectivity index is 2.39. The molecule has 0 saturated heterocycles. The molecule has 1 heterocycles. The molecule has 0 radical (unpaired) electrons. The Labute approximate surface area is 115 Å². The molecule has 0 fully saturated rings. The number of ether oxygens (including phenoxy) is 2. The molecule has 1 aliphatic heterocycles. The minimum Gasteiger partial charge on any atom is -0.497 e. The lowest BCUT2D eigenvalue weighted by atomic mass is 10.0. The second-order valence-corrected chi connectivity index (χ2v) is 4.07. The topological polar surface area (TPSA) is 81.7 Å². The Bertz CT molecular complexity index is 591. The molecule has 1 aromatic carbocycles. The normalized spacial score (nSPS) is 17.7. The Hall–Kier alpha value is -2.63. The first-order chi connectivity index (χ1) is 9.60. The van der Waals surface area contributed by atoms with E-state index in [1.165, 1.54) is 7.11 Å². The van der Waals surface area contributed by atoms with Gasteiger partial charge in [-0.1, -0.05) is 30.3 Å². The standard InChI is InChI=1S/C14H13NO5/c1-19-12-9(14(18)20-2)13(17)15-10(12)11(16)8-6-4-3-5-7-8/h3-7,10H,1-2H3,(H,15,17). The van der Waals surface area contributed by atoms with Gasteiger partial charge in [-0.2, -0.15) is 0 Å². The predicted octanol–water partition coefficient (Wildman–Crippen LogP) is 0.441. The summed E-state index contributed by atoms with van der Waals surface area (Å²) in [5.41, 5.74) is 0.141. The third-order valence-electron chi connectivity index (χ3n) is 2.94. The van der Waals surface area contributed by atoms with E-state index in [4.69, 9.17) is 4.74 Å². The van der Waals surface area contributed by atoms with Crippen LogP contribution in [-0.4, -0.2) is 37.9 Å². The molecule has 20 heavy (non-hydrogen) atoms. The van der Waals surface area contributed by atoms with Crippen molar-refractivity contribution in [3.05, 3.63) is 47.2 Å². The van der Waals surface area contributed by atoms with Gasteiger partial charge in [0.05, 0.1) is 14.2 Å². The smallest absolute Gasteiger partial charge is 0.347 e. The van der Waals surface area contributed by atoms with Crippen LogP contribution < -0.4 is 5.32 Å². The molecule has 1 N–H and O–H groups in total. The van der Waals surface area contributed by atoms with Crippen LogP contribution in [0.4, 0.5) is 0 Å². The summed E-state index contributed by atoms with van der Waals surface area (Å²) in [4.78, 5) is 35.7. The van der Waals surface area contributed by atoms with E-state index in [-0.39, 0.29) is 17.1 Å². The second kappa shape index (κ2) is 5.56. The molecule has 1 aromatic rings. The van der Waals surface area contributed by atoms with Crippen LogP contribution in [0.15, 0.2) is 41.7 Å². The molecule has 0 aromatic heterocycles. The molecule has 0 aliphatic carbocycles. The number of nitrogens with one attached hydrogen (secondary N) is 1. The highest BCUT2D eigenvalue weighted by Gasteiger charge is 2.41. The summed E-state index contributed by atoms with van der Waals surface area (Å²) in [6.45, 7) is 0. The van der Waals surface area contributed by atoms with Crippen molar-refractivity contribution in [3.63, 3.8) is 0 Å². The Morgan fingerprint density at radius 1 is 1.15 bits per heavy atom. The first-order valence-corrected chi connectivity index (χ1v) is 5.86. The fourth-order valence-corrected chi connectivity index (χ4v) is 1.99. The van der Waals surface area contributed by atoms with Crippen LogP contribution in [0.5, 0.6) is 0 Å². The number of hydrogen-bond acceptors (Lipinski definition) is 5. The largest absolute Gasteiger partial charge is 0.497 e. The van der Waals surface area contributed by atoms with Crippen LogP contribution in [0.25, 0.3) is 0 Å². The highest BCUT2D eigenvalue weighted by molar-refractivity contribution is 6.22. The molecular formula is C14H13NO5. The van der Waals surface area contributed by atoms with Crippen molar-refractivity contribution in [2.45, 2.75) is 6.04 Å². The molecule has 104 valence electrons. The highest BCUT2D eigenvalue weighted by atomic mass is 16.5. The summed E-state index contributed by atoms with van der Waals surface area (Å²) in [7, 11) is 2.45. The number of esters is 1. The number of amides is 1. The SMILES string of the molecule is COC(=O)C1=C(OC)C(C(=O)c2ccccc2)NC1=O. The van der Waals surface area contributed by atoms with Crippen molar-refractivity contribution in [2.24, 2.45) is 0 Å². The number of methoxy groups -OCH3 is 2. The van der Waals surface area contributed by atoms with Crippen molar-refractivity contribution < 1.29 is 23.9 Å². The third kappa shape index (κ3) is 2.27. The summed E-state index contributed by atoms with van der Waals surface area (Å²) in [5, 5.41) is 2.43. The van der Waals surface area contributed by atoms with Crippen molar-refractivity contribution >= 4 is 17.7 Å². The number of carbonyl (C=O) groups excluding carboxylic acids is 3. The number of hydrogen-bond donors (Lipinski definition) is 1. The minimum atomic E-state index is -1.01. The van der Waals surface area contributed by atoms with Crippen LogP contribution in [0, 0.1) is 0 Å². The maximum atomic E-state index is 12.3. The zero-order chi connectivity index (χ0) is 14.7. The van der Waals surface area contributed by atoms with E-state index < -0.39 is 17.9 Å². The van der Waals surface area contributed by atoms with E-state index >= 15 is 0 Å². The lowest BCUT2D eigenvalue weighted by molar-refractivity contribution is -0.138. The van der Waals surface area contributed by atoms with Crippen LogP contribution in [-0.2, 0) is 19.1 Å². The van der Waals surface area contributed by atoms with Crippen molar-refractivity contribution in [1.29, 1.82) is 0 Å². The molecule has 1 amide bonds. The zero-order valence-electron chi connectivity index (χ0n) is 11.0. The van der Waals surface area contributed by atoms with Gasteiger partial charge in [-0.25, -0.2) is 4.79 Å². The van der Waals surface area contributed by atoms with Gasteiger partial charge in [-0.05, 0) is 0 Å². The van der Waals surface area contributed by atoms with Crippen LogP contribution >= 0.6 is 0 Å². The van der Waals surface area contributed by atoms with Crippen LogP contribution in [0.3, 0.4) is 0 Å². The molecule has 6 nitrogen and oxygen atoms in total. The fraction of sp³-hybridized carbons (Fsp3) is 0.214. The van der Waals surface area contributed by atoms with E-state index in [9.17, 15) is 14.4 Å². The van der Waals surface area contributed by atoms with Gasteiger partial charge >= 0.3 is 5.97 Å². The van der Waals surface area contributed by atoms with E-state index in [2.05, 4.69) is 10.1 Å². The van der Waals surface area contributed by atoms with Crippen LogP contribution in [0.1, 0.15) is 10.4 Å². The summed E-state index contributed by atoms with van der Waals surface area (Å²) in [6, 6.07) is 7.43. The number of carbonyl (C=O) groups is 3. The van der Waals surface area contributed by atoms with Crippen molar-refractivity contribution in [2.75, 3.05) is 14.2 Å². The van der Waals surface area contributed by atoms with Gasteiger partial charge in [0, 0.05) is 5.56 Å². The van der Waals surface area contributed by atoms with Gasteiger partial charge in [-0.3, -0.25) is 9.59 Å². The molecule has 6 heteroatoms. The zero-order valence-corrected chi connectivity index (χ0v) is 11.0. The van der Waals surface area contributed by atoms with E-state index in [0.717, 1.165) is 7.11 Å². The summed E-state index contributed by atoms with van der Waals surface area (Å²) < 4.78 is 9.57. The van der Waals surface area contributed by atoms with E-state index in [1.807, 2.05) is 0 Å². The average Bonchev–Trinajstić information content (AvgIpc) is 2.83.